The molecule has 1 fully saturated rings. The molecule has 1 aliphatic heterocycles. The normalized spacial score (nSPS) is 23.1. The second kappa shape index (κ2) is 5.46. The summed E-state index contributed by atoms with van der Waals surface area (Å²) < 4.78 is 5.55. The summed E-state index contributed by atoms with van der Waals surface area (Å²) >= 11 is 0. The summed E-state index contributed by atoms with van der Waals surface area (Å²) in [5.41, 5.74) is 8.02. The SMILES string of the molecule is Cc1ccc(NC(=O)C2CCC(CN)O2)c(C)n1. The summed E-state index contributed by atoms with van der Waals surface area (Å²) in [6, 6.07) is 3.74. The summed E-state index contributed by atoms with van der Waals surface area (Å²) in [6.07, 6.45) is 1.20. The second-order valence-electron chi connectivity index (χ2n) is 4.63. The Morgan fingerprint density at radius 2 is 2.28 bits per heavy atom. The van der Waals surface area contributed by atoms with Crippen LogP contribution in [0.25, 0.3) is 0 Å². The van der Waals surface area contributed by atoms with E-state index in [9.17, 15) is 4.79 Å². The van der Waals surface area contributed by atoms with Crippen molar-refractivity contribution in [1.29, 1.82) is 0 Å². The van der Waals surface area contributed by atoms with Gasteiger partial charge in [-0.1, -0.05) is 0 Å². The number of rotatable bonds is 3. The van der Waals surface area contributed by atoms with Crippen LogP contribution in [0.1, 0.15) is 24.2 Å². The van der Waals surface area contributed by atoms with Crippen LogP contribution >= 0.6 is 0 Å². The molecular weight excluding hydrogens is 230 g/mol. The molecule has 2 atom stereocenters. The molecule has 0 aliphatic carbocycles. The van der Waals surface area contributed by atoms with E-state index >= 15 is 0 Å². The lowest BCUT2D eigenvalue weighted by atomic mass is 10.2. The molecule has 3 N–H and O–H groups in total. The Labute approximate surface area is 107 Å². The van der Waals surface area contributed by atoms with Gasteiger partial charge in [-0.3, -0.25) is 9.78 Å². The summed E-state index contributed by atoms with van der Waals surface area (Å²) in [4.78, 5) is 16.3. The topological polar surface area (TPSA) is 77.2 Å². The Morgan fingerprint density at radius 1 is 1.50 bits per heavy atom. The van der Waals surface area contributed by atoms with Crippen molar-refractivity contribution in [1.82, 2.24) is 4.98 Å². The summed E-state index contributed by atoms with van der Waals surface area (Å²) in [5, 5.41) is 2.86. The van der Waals surface area contributed by atoms with E-state index in [-0.39, 0.29) is 18.1 Å². The van der Waals surface area contributed by atoms with Gasteiger partial charge in [0.15, 0.2) is 0 Å². The van der Waals surface area contributed by atoms with E-state index in [4.69, 9.17) is 10.5 Å². The smallest absolute Gasteiger partial charge is 0.253 e. The van der Waals surface area contributed by atoms with Crippen molar-refractivity contribution in [2.24, 2.45) is 5.73 Å². The molecule has 0 bridgehead atoms. The van der Waals surface area contributed by atoms with Gasteiger partial charge in [0, 0.05) is 12.2 Å². The molecule has 2 heterocycles. The largest absolute Gasteiger partial charge is 0.364 e. The maximum atomic E-state index is 12.0. The highest BCUT2D eigenvalue weighted by molar-refractivity contribution is 5.94. The number of carbonyl (C=O) groups is 1. The van der Waals surface area contributed by atoms with Gasteiger partial charge in [-0.2, -0.15) is 0 Å². The van der Waals surface area contributed by atoms with E-state index in [1.807, 2.05) is 26.0 Å². The third kappa shape index (κ3) is 2.86. The molecule has 1 aliphatic rings. The quantitative estimate of drug-likeness (QED) is 0.842. The van der Waals surface area contributed by atoms with Crippen molar-refractivity contribution >= 4 is 11.6 Å². The zero-order valence-corrected chi connectivity index (χ0v) is 10.8. The molecule has 5 heteroatoms. The highest BCUT2D eigenvalue weighted by Gasteiger charge is 2.30. The standard InChI is InChI=1S/C13H19N3O2/c1-8-3-5-11(9(2)15-8)16-13(17)12-6-4-10(7-14)18-12/h3,5,10,12H,4,6-7,14H2,1-2H3,(H,16,17). The van der Waals surface area contributed by atoms with Gasteiger partial charge in [0.25, 0.3) is 5.91 Å². The van der Waals surface area contributed by atoms with Gasteiger partial charge in [-0.05, 0) is 38.8 Å². The first-order valence-electron chi connectivity index (χ1n) is 6.21. The summed E-state index contributed by atoms with van der Waals surface area (Å²) in [7, 11) is 0. The lowest BCUT2D eigenvalue weighted by molar-refractivity contribution is -0.126. The minimum Gasteiger partial charge on any atom is -0.364 e. The molecule has 1 saturated heterocycles. The number of nitrogens with one attached hydrogen (secondary N) is 1. The number of nitrogens with two attached hydrogens (primary N) is 1. The first kappa shape index (κ1) is 13.0. The Morgan fingerprint density at radius 3 is 2.89 bits per heavy atom. The van der Waals surface area contributed by atoms with E-state index < -0.39 is 0 Å². The average molecular weight is 249 g/mol. The predicted octanol–water partition coefficient (Wildman–Crippen LogP) is 1.14. The number of hydrogen-bond acceptors (Lipinski definition) is 4. The van der Waals surface area contributed by atoms with Gasteiger partial charge >= 0.3 is 0 Å². The fourth-order valence-corrected chi connectivity index (χ4v) is 2.10. The van der Waals surface area contributed by atoms with Gasteiger partial charge in [0.1, 0.15) is 6.10 Å². The average Bonchev–Trinajstić information content (AvgIpc) is 2.81. The molecule has 18 heavy (non-hydrogen) atoms. The van der Waals surface area contributed by atoms with Gasteiger partial charge in [0.2, 0.25) is 0 Å². The summed E-state index contributed by atoms with van der Waals surface area (Å²) in [6.45, 7) is 4.26. The van der Waals surface area contributed by atoms with Gasteiger partial charge < -0.3 is 15.8 Å². The number of amides is 1. The van der Waals surface area contributed by atoms with Gasteiger partial charge in [-0.25, -0.2) is 0 Å². The van der Waals surface area contributed by atoms with Crippen molar-refractivity contribution in [3.8, 4) is 0 Å². The van der Waals surface area contributed by atoms with Crippen LogP contribution in [0.2, 0.25) is 0 Å². The summed E-state index contributed by atoms with van der Waals surface area (Å²) in [5.74, 6) is -0.111. The Kier molecular flexibility index (Phi) is 3.93. The molecule has 1 amide bonds. The predicted molar refractivity (Wildman–Crippen MR) is 69.3 cm³/mol. The van der Waals surface area contributed by atoms with Crippen LogP contribution < -0.4 is 11.1 Å². The first-order chi connectivity index (χ1) is 8.60. The maximum Gasteiger partial charge on any atom is 0.253 e. The lowest BCUT2D eigenvalue weighted by Crippen LogP contribution is -2.30. The van der Waals surface area contributed by atoms with Crippen LogP contribution in [-0.4, -0.2) is 29.6 Å². The molecule has 1 aromatic heterocycles. The lowest BCUT2D eigenvalue weighted by Gasteiger charge is -2.13. The Bertz CT molecular complexity index is 448. The number of anilines is 1. The molecule has 0 radical (unpaired) electrons. The minimum atomic E-state index is -0.390. The minimum absolute atomic E-state index is 0.0120. The maximum absolute atomic E-state index is 12.0. The van der Waals surface area contributed by atoms with Crippen LogP contribution in [0, 0.1) is 13.8 Å². The third-order valence-corrected chi connectivity index (χ3v) is 3.15. The first-order valence-corrected chi connectivity index (χ1v) is 6.21. The molecule has 2 rings (SSSR count). The highest BCUT2D eigenvalue weighted by atomic mass is 16.5. The van der Waals surface area contributed by atoms with Crippen LogP contribution in [-0.2, 0) is 9.53 Å². The third-order valence-electron chi connectivity index (χ3n) is 3.15. The Hall–Kier alpha value is -1.46. The fourth-order valence-electron chi connectivity index (χ4n) is 2.10. The number of nitrogens with zero attached hydrogens (tertiary/aromatic N) is 1. The number of carbonyl (C=O) groups excluding carboxylic acids is 1. The molecule has 0 aromatic carbocycles. The van der Waals surface area contributed by atoms with E-state index in [0.717, 1.165) is 29.9 Å². The number of pyridine rings is 1. The number of aromatic nitrogens is 1. The van der Waals surface area contributed by atoms with Crippen LogP contribution in [0.3, 0.4) is 0 Å². The number of ether oxygens (including phenoxy) is 1. The van der Waals surface area contributed by atoms with Crippen molar-refractivity contribution in [3.05, 3.63) is 23.5 Å². The zero-order chi connectivity index (χ0) is 13.1. The van der Waals surface area contributed by atoms with Crippen molar-refractivity contribution < 1.29 is 9.53 Å². The number of aryl methyl sites for hydroxylation is 2. The van der Waals surface area contributed by atoms with Gasteiger partial charge in [-0.15, -0.1) is 0 Å². The van der Waals surface area contributed by atoms with Crippen LogP contribution in [0.5, 0.6) is 0 Å². The molecular formula is C13H19N3O2. The van der Waals surface area contributed by atoms with E-state index in [1.165, 1.54) is 0 Å². The molecule has 98 valence electrons. The molecule has 0 saturated carbocycles. The van der Waals surface area contributed by atoms with Crippen molar-refractivity contribution in [3.63, 3.8) is 0 Å². The Balaban J connectivity index is 1.99. The van der Waals surface area contributed by atoms with Crippen molar-refractivity contribution in [2.75, 3.05) is 11.9 Å². The van der Waals surface area contributed by atoms with Crippen molar-refractivity contribution in [2.45, 2.75) is 38.9 Å². The molecule has 1 aromatic rings. The van der Waals surface area contributed by atoms with Gasteiger partial charge in [0.05, 0.1) is 17.5 Å². The van der Waals surface area contributed by atoms with E-state index in [0.29, 0.717) is 6.54 Å². The number of hydrogen-bond donors (Lipinski definition) is 2. The van der Waals surface area contributed by atoms with E-state index in [2.05, 4.69) is 10.3 Å². The fraction of sp³-hybridized carbons (Fsp3) is 0.538. The second-order valence-corrected chi connectivity index (χ2v) is 4.63. The monoisotopic (exact) mass is 249 g/mol. The van der Waals surface area contributed by atoms with Crippen LogP contribution in [0.15, 0.2) is 12.1 Å². The zero-order valence-electron chi connectivity index (χ0n) is 10.8. The van der Waals surface area contributed by atoms with Crippen LogP contribution in [0.4, 0.5) is 5.69 Å². The highest BCUT2D eigenvalue weighted by Crippen LogP contribution is 2.21. The molecule has 5 nitrogen and oxygen atoms in total. The van der Waals surface area contributed by atoms with E-state index in [1.54, 1.807) is 0 Å². The molecule has 0 spiro atoms. The molecule has 2 unspecified atom stereocenters.